The zero-order valence-corrected chi connectivity index (χ0v) is 24.2. The van der Waals surface area contributed by atoms with Gasteiger partial charge in [0.1, 0.15) is 0 Å². The van der Waals surface area contributed by atoms with E-state index in [1.807, 2.05) is 5.57 Å². The smallest absolute Gasteiger partial charge is 0.0618 e. The number of allylic oxidation sites excluding steroid dienone is 2. The molecule has 3 nitrogen and oxygen atoms in total. The van der Waals surface area contributed by atoms with Crippen molar-refractivity contribution in [1.29, 1.82) is 0 Å². The summed E-state index contributed by atoms with van der Waals surface area (Å²) >= 11 is 0. The molecule has 35 heavy (non-hydrogen) atoms. The van der Waals surface area contributed by atoms with Crippen LogP contribution in [0.1, 0.15) is 120 Å². The third-order valence-corrected chi connectivity index (χ3v) is 13.2. The largest absolute Gasteiger partial charge is 0.397 e. The summed E-state index contributed by atoms with van der Waals surface area (Å²) in [6.07, 6.45) is 14.8. The first-order chi connectivity index (χ1) is 16.2. The molecule has 9 atom stereocenters. The third-order valence-electron chi connectivity index (χ3n) is 13.2. The van der Waals surface area contributed by atoms with Gasteiger partial charge in [-0.15, -0.1) is 0 Å². The van der Waals surface area contributed by atoms with Crippen molar-refractivity contribution in [3.63, 3.8) is 0 Å². The summed E-state index contributed by atoms with van der Waals surface area (Å²) in [6.45, 7) is 19.7. The number of rotatable bonds is 1. The molecule has 0 spiro atoms. The molecule has 4 fully saturated rings. The number of hydrogen-bond acceptors (Lipinski definition) is 3. The van der Waals surface area contributed by atoms with Gasteiger partial charge in [0.15, 0.2) is 0 Å². The standard InChI is InChI=1S/C30H50O2.C2H6O/c1-25(2)14-15-26(3)16-17-29(6)20(21(26)18-25)8-9-23-27(4)12-11-24(32)28(5,19-31)22(27)10-13-30(23,29)7;1-2-3/h8,21-24,31-32H,9-19H2,1-7H3;3H,2H2,1H3/t21-,22?,23-,24+,26-,27+,28?,29-,30-;/m1./s1. The zero-order chi connectivity index (χ0) is 26.1. The molecule has 5 aliphatic carbocycles. The van der Waals surface area contributed by atoms with Crippen LogP contribution in [0.3, 0.4) is 0 Å². The fraction of sp³-hybridized carbons (Fsp3) is 0.938. The monoisotopic (exact) mass is 488 g/mol. The van der Waals surface area contributed by atoms with Crippen LogP contribution < -0.4 is 0 Å². The summed E-state index contributed by atoms with van der Waals surface area (Å²) in [4.78, 5) is 0. The van der Waals surface area contributed by atoms with E-state index in [2.05, 4.69) is 54.5 Å². The first-order valence-corrected chi connectivity index (χ1v) is 14.8. The zero-order valence-electron chi connectivity index (χ0n) is 24.2. The average Bonchev–Trinajstić information content (AvgIpc) is 2.79. The van der Waals surface area contributed by atoms with E-state index in [1.54, 1.807) is 6.92 Å². The van der Waals surface area contributed by atoms with Gasteiger partial charge in [0.25, 0.3) is 0 Å². The maximum absolute atomic E-state index is 10.9. The van der Waals surface area contributed by atoms with Crippen molar-refractivity contribution in [2.45, 2.75) is 126 Å². The summed E-state index contributed by atoms with van der Waals surface area (Å²) in [6, 6.07) is 0. The lowest BCUT2D eigenvalue weighted by Gasteiger charge is -2.71. The molecule has 0 bridgehead atoms. The molecule has 0 aromatic carbocycles. The van der Waals surface area contributed by atoms with Crippen molar-refractivity contribution in [3.05, 3.63) is 11.6 Å². The van der Waals surface area contributed by atoms with Crippen LogP contribution in [0.5, 0.6) is 0 Å². The molecule has 3 heteroatoms. The van der Waals surface area contributed by atoms with Crippen molar-refractivity contribution < 1.29 is 15.3 Å². The van der Waals surface area contributed by atoms with E-state index in [0.717, 1.165) is 25.2 Å². The lowest BCUT2D eigenvalue weighted by atomic mass is 9.33. The Labute approximate surface area is 216 Å². The highest BCUT2D eigenvalue weighted by atomic mass is 16.3. The molecule has 5 aliphatic rings. The van der Waals surface area contributed by atoms with Crippen LogP contribution in [-0.2, 0) is 0 Å². The number of aliphatic hydroxyl groups excluding tert-OH is 3. The van der Waals surface area contributed by atoms with Gasteiger partial charge < -0.3 is 15.3 Å². The highest BCUT2D eigenvalue weighted by Gasteiger charge is 2.68. The number of hydrogen-bond donors (Lipinski definition) is 3. The Hall–Kier alpha value is -0.380. The molecular weight excluding hydrogens is 432 g/mol. The van der Waals surface area contributed by atoms with Crippen molar-refractivity contribution in [2.75, 3.05) is 13.2 Å². The Balaban J connectivity index is 0.000000917. The van der Waals surface area contributed by atoms with Crippen LogP contribution in [-0.4, -0.2) is 34.6 Å². The van der Waals surface area contributed by atoms with Crippen LogP contribution in [0, 0.1) is 50.2 Å². The highest BCUT2D eigenvalue weighted by Crippen LogP contribution is 2.75. The normalized spacial score (nSPS) is 52.5. The molecule has 0 aromatic heterocycles. The summed E-state index contributed by atoms with van der Waals surface area (Å²) < 4.78 is 0. The van der Waals surface area contributed by atoms with Crippen LogP contribution in [0.15, 0.2) is 11.6 Å². The Bertz CT molecular complexity index is 833. The van der Waals surface area contributed by atoms with E-state index in [0.29, 0.717) is 33.5 Å². The first-order valence-electron chi connectivity index (χ1n) is 14.8. The van der Waals surface area contributed by atoms with Crippen molar-refractivity contribution in [3.8, 4) is 0 Å². The molecule has 0 radical (unpaired) electrons. The molecule has 4 saturated carbocycles. The van der Waals surface area contributed by atoms with E-state index in [1.165, 1.54) is 44.9 Å². The minimum atomic E-state index is -0.361. The molecule has 3 N–H and O–H groups in total. The Morgan fingerprint density at radius 1 is 0.829 bits per heavy atom. The average molecular weight is 489 g/mol. The number of fused-ring (bicyclic) bond motifs is 7. The van der Waals surface area contributed by atoms with Gasteiger partial charge in [-0.05, 0) is 116 Å². The van der Waals surface area contributed by atoms with Gasteiger partial charge >= 0.3 is 0 Å². The van der Waals surface area contributed by atoms with E-state index < -0.39 is 0 Å². The van der Waals surface area contributed by atoms with Gasteiger partial charge in [-0.1, -0.05) is 60.1 Å². The Kier molecular flexibility index (Phi) is 6.98. The van der Waals surface area contributed by atoms with Gasteiger partial charge in [0.05, 0.1) is 12.7 Å². The molecule has 0 heterocycles. The van der Waals surface area contributed by atoms with Crippen molar-refractivity contribution >= 4 is 0 Å². The van der Waals surface area contributed by atoms with E-state index in [-0.39, 0.29) is 30.1 Å². The maximum atomic E-state index is 10.9. The third kappa shape index (κ3) is 3.84. The summed E-state index contributed by atoms with van der Waals surface area (Å²) in [7, 11) is 0. The maximum Gasteiger partial charge on any atom is 0.0618 e. The van der Waals surface area contributed by atoms with Gasteiger partial charge in [0.2, 0.25) is 0 Å². The molecule has 0 aliphatic heterocycles. The fourth-order valence-corrected chi connectivity index (χ4v) is 10.5. The van der Waals surface area contributed by atoms with E-state index in [9.17, 15) is 10.2 Å². The minimum Gasteiger partial charge on any atom is -0.397 e. The summed E-state index contributed by atoms with van der Waals surface area (Å²) in [5.41, 5.74) is 3.28. The summed E-state index contributed by atoms with van der Waals surface area (Å²) in [5.74, 6) is 1.83. The van der Waals surface area contributed by atoms with Gasteiger partial charge in [-0.2, -0.15) is 0 Å². The first kappa shape index (κ1) is 27.6. The Morgan fingerprint density at radius 3 is 2.09 bits per heavy atom. The molecule has 0 saturated heterocycles. The molecule has 0 aromatic rings. The van der Waals surface area contributed by atoms with E-state index in [4.69, 9.17) is 5.11 Å². The van der Waals surface area contributed by atoms with Crippen LogP contribution in [0.25, 0.3) is 0 Å². The molecule has 202 valence electrons. The van der Waals surface area contributed by atoms with E-state index >= 15 is 0 Å². The van der Waals surface area contributed by atoms with Crippen molar-refractivity contribution in [1.82, 2.24) is 0 Å². The molecule has 2 unspecified atom stereocenters. The topological polar surface area (TPSA) is 60.7 Å². The second-order valence-electron chi connectivity index (χ2n) is 15.4. The molecule has 5 rings (SSSR count). The highest BCUT2D eigenvalue weighted by molar-refractivity contribution is 5.33. The quantitative estimate of drug-likeness (QED) is 0.344. The predicted molar refractivity (Wildman–Crippen MR) is 145 cm³/mol. The van der Waals surface area contributed by atoms with Crippen LogP contribution in [0.2, 0.25) is 0 Å². The van der Waals surface area contributed by atoms with Crippen LogP contribution >= 0.6 is 0 Å². The van der Waals surface area contributed by atoms with Crippen molar-refractivity contribution in [2.24, 2.45) is 50.2 Å². The second-order valence-corrected chi connectivity index (χ2v) is 15.4. The van der Waals surface area contributed by atoms with Crippen LogP contribution in [0.4, 0.5) is 0 Å². The molecular formula is C32H56O3. The predicted octanol–water partition coefficient (Wildman–Crippen LogP) is 7.14. The van der Waals surface area contributed by atoms with Gasteiger partial charge in [0, 0.05) is 12.0 Å². The lowest BCUT2D eigenvalue weighted by molar-refractivity contribution is -0.215. The lowest BCUT2D eigenvalue weighted by Crippen LogP contribution is -2.65. The minimum absolute atomic E-state index is 0.117. The van der Waals surface area contributed by atoms with Gasteiger partial charge in [-0.3, -0.25) is 0 Å². The SMILES string of the molecule is CC1(C)CC[C@]2(C)CC[C@]3(C)C(=CC[C@@H]4[C@@]5(C)CC[C@H](O)C(C)(CO)C5CC[C@]43C)[C@H]2C1.CCO. The Morgan fingerprint density at radius 2 is 1.46 bits per heavy atom. The second kappa shape index (κ2) is 8.84. The number of aliphatic hydroxyl groups is 3. The van der Waals surface area contributed by atoms with Gasteiger partial charge in [-0.25, -0.2) is 0 Å². The molecule has 0 amide bonds. The summed E-state index contributed by atoms with van der Waals surface area (Å²) in [5, 5.41) is 28.9. The fourth-order valence-electron chi connectivity index (χ4n) is 10.5.